The first-order valence-electron chi connectivity index (χ1n) is 8.67. The minimum atomic E-state index is -0.164. The summed E-state index contributed by atoms with van der Waals surface area (Å²) in [6.45, 7) is 3.56. The summed E-state index contributed by atoms with van der Waals surface area (Å²) in [7, 11) is 1.65. The lowest BCUT2D eigenvalue weighted by molar-refractivity contribution is 0.0162. The lowest BCUT2D eigenvalue weighted by atomic mass is 10.0. The van der Waals surface area contributed by atoms with E-state index in [0.717, 1.165) is 24.4 Å². The number of methoxy groups -OCH3 is 1. The van der Waals surface area contributed by atoms with Gasteiger partial charge in [0.25, 0.3) is 5.91 Å². The summed E-state index contributed by atoms with van der Waals surface area (Å²) in [4.78, 5) is 14.9. The molecule has 0 bridgehead atoms. The van der Waals surface area contributed by atoms with Gasteiger partial charge in [-0.2, -0.15) is 0 Å². The van der Waals surface area contributed by atoms with E-state index in [-0.39, 0.29) is 11.9 Å². The fourth-order valence-electron chi connectivity index (χ4n) is 3.10. The van der Waals surface area contributed by atoms with Crippen LogP contribution < -0.4 is 10.1 Å². The summed E-state index contributed by atoms with van der Waals surface area (Å²) in [5, 5.41) is 3.48. The monoisotopic (exact) mass is 374 g/mol. The third-order valence-corrected chi connectivity index (χ3v) is 4.89. The first kappa shape index (κ1) is 18.7. The number of morpholine rings is 1. The Morgan fingerprint density at radius 3 is 2.54 bits per heavy atom. The molecule has 1 saturated heterocycles. The number of ether oxygens (including phenoxy) is 2. The van der Waals surface area contributed by atoms with Crippen molar-refractivity contribution in [1.82, 2.24) is 10.2 Å². The number of hydrogen-bond acceptors (Lipinski definition) is 4. The Hall–Kier alpha value is -2.08. The van der Waals surface area contributed by atoms with Crippen molar-refractivity contribution in [2.45, 2.75) is 6.04 Å². The SMILES string of the molecule is COc1ccc([C@@H](CNC(=O)c2ccccc2Cl)N2CCOCC2)cc1. The van der Waals surface area contributed by atoms with E-state index in [1.807, 2.05) is 36.4 Å². The number of carbonyl (C=O) groups is 1. The van der Waals surface area contributed by atoms with E-state index in [1.165, 1.54) is 0 Å². The van der Waals surface area contributed by atoms with Gasteiger partial charge in [-0.1, -0.05) is 35.9 Å². The average Bonchev–Trinajstić information content (AvgIpc) is 2.69. The average molecular weight is 375 g/mol. The highest BCUT2D eigenvalue weighted by Crippen LogP contribution is 2.24. The Bertz CT molecular complexity index is 730. The van der Waals surface area contributed by atoms with Crippen molar-refractivity contribution in [3.63, 3.8) is 0 Å². The van der Waals surface area contributed by atoms with Gasteiger partial charge in [-0.15, -0.1) is 0 Å². The quantitative estimate of drug-likeness (QED) is 0.843. The van der Waals surface area contributed by atoms with Crippen LogP contribution in [-0.2, 0) is 4.74 Å². The molecule has 5 nitrogen and oxygen atoms in total. The van der Waals surface area contributed by atoms with Gasteiger partial charge in [0.1, 0.15) is 5.75 Å². The molecule has 0 aromatic heterocycles. The second-order valence-corrected chi connectivity index (χ2v) is 6.53. The summed E-state index contributed by atoms with van der Waals surface area (Å²) in [6, 6.07) is 15.1. The number of benzene rings is 2. The van der Waals surface area contributed by atoms with Crippen LogP contribution in [0.4, 0.5) is 0 Å². The Labute approximate surface area is 158 Å². The van der Waals surface area contributed by atoms with Crippen LogP contribution in [0.25, 0.3) is 0 Å². The number of nitrogens with zero attached hydrogens (tertiary/aromatic N) is 1. The Balaban J connectivity index is 1.74. The maximum Gasteiger partial charge on any atom is 0.252 e. The molecule has 1 aliphatic rings. The van der Waals surface area contributed by atoms with Crippen LogP contribution in [0.1, 0.15) is 22.0 Å². The number of amides is 1. The van der Waals surface area contributed by atoms with Crippen LogP contribution >= 0.6 is 11.6 Å². The second-order valence-electron chi connectivity index (χ2n) is 6.13. The fourth-order valence-corrected chi connectivity index (χ4v) is 3.32. The summed E-state index contributed by atoms with van der Waals surface area (Å²) in [5.74, 6) is 0.650. The highest BCUT2D eigenvalue weighted by atomic mass is 35.5. The van der Waals surface area contributed by atoms with Gasteiger partial charge in [0.15, 0.2) is 0 Å². The van der Waals surface area contributed by atoms with Crippen LogP contribution in [0.5, 0.6) is 5.75 Å². The molecule has 26 heavy (non-hydrogen) atoms. The maximum absolute atomic E-state index is 12.5. The zero-order valence-electron chi connectivity index (χ0n) is 14.8. The molecule has 1 N–H and O–H groups in total. The Kier molecular flexibility index (Phi) is 6.50. The minimum Gasteiger partial charge on any atom is -0.497 e. The van der Waals surface area contributed by atoms with Crippen molar-refractivity contribution >= 4 is 17.5 Å². The van der Waals surface area contributed by atoms with Crippen LogP contribution in [0.15, 0.2) is 48.5 Å². The molecular formula is C20H23ClN2O3. The summed E-state index contributed by atoms with van der Waals surface area (Å²) in [6.07, 6.45) is 0. The van der Waals surface area contributed by atoms with Crippen molar-refractivity contribution in [3.05, 3.63) is 64.7 Å². The lowest BCUT2D eigenvalue weighted by Gasteiger charge is -2.35. The molecule has 138 valence electrons. The topological polar surface area (TPSA) is 50.8 Å². The van der Waals surface area contributed by atoms with E-state index >= 15 is 0 Å². The van der Waals surface area contributed by atoms with Crippen molar-refractivity contribution < 1.29 is 14.3 Å². The van der Waals surface area contributed by atoms with Crippen LogP contribution in [-0.4, -0.2) is 50.8 Å². The third kappa shape index (κ3) is 4.55. The summed E-state index contributed by atoms with van der Waals surface area (Å²) in [5.41, 5.74) is 1.62. The number of rotatable bonds is 6. The number of carbonyl (C=O) groups excluding carboxylic acids is 1. The van der Waals surface area contributed by atoms with Gasteiger partial charge in [-0.25, -0.2) is 0 Å². The normalized spacial score (nSPS) is 16.1. The van der Waals surface area contributed by atoms with Gasteiger partial charge in [0, 0.05) is 19.6 Å². The van der Waals surface area contributed by atoms with E-state index in [1.54, 1.807) is 19.2 Å². The summed E-state index contributed by atoms with van der Waals surface area (Å²) >= 11 is 6.13. The first-order chi connectivity index (χ1) is 12.7. The number of halogens is 1. The molecule has 3 rings (SSSR count). The largest absolute Gasteiger partial charge is 0.497 e. The molecule has 0 saturated carbocycles. The minimum absolute atomic E-state index is 0.0660. The molecule has 6 heteroatoms. The third-order valence-electron chi connectivity index (χ3n) is 4.56. The van der Waals surface area contributed by atoms with Gasteiger partial charge >= 0.3 is 0 Å². The fraction of sp³-hybridized carbons (Fsp3) is 0.350. The molecule has 0 unspecified atom stereocenters. The van der Waals surface area contributed by atoms with Crippen molar-refractivity contribution in [1.29, 1.82) is 0 Å². The van der Waals surface area contributed by atoms with Crippen LogP contribution in [0, 0.1) is 0 Å². The maximum atomic E-state index is 12.5. The Morgan fingerprint density at radius 1 is 1.19 bits per heavy atom. The predicted molar refractivity (Wildman–Crippen MR) is 102 cm³/mol. The smallest absolute Gasteiger partial charge is 0.252 e. The lowest BCUT2D eigenvalue weighted by Crippen LogP contribution is -2.43. The molecule has 0 aliphatic carbocycles. The standard InChI is InChI=1S/C20H23ClN2O3/c1-25-16-8-6-15(7-9-16)19(23-10-12-26-13-11-23)14-22-20(24)17-4-2-3-5-18(17)21/h2-9,19H,10-14H2,1H3,(H,22,24)/t19-/m1/s1. The van der Waals surface area contributed by atoms with Gasteiger partial charge in [-0.3, -0.25) is 9.69 Å². The van der Waals surface area contributed by atoms with Crippen LogP contribution in [0.2, 0.25) is 5.02 Å². The molecular weight excluding hydrogens is 352 g/mol. The Morgan fingerprint density at radius 2 is 1.88 bits per heavy atom. The highest BCUT2D eigenvalue weighted by Gasteiger charge is 2.23. The highest BCUT2D eigenvalue weighted by molar-refractivity contribution is 6.33. The zero-order valence-corrected chi connectivity index (χ0v) is 15.5. The number of nitrogens with one attached hydrogen (secondary N) is 1. The van der Waals surface area contributed by atoms with Gasteiger partial charge in [0.05, 0.1) is 37.0 Å². The van der Waals surface area contributed by atoms with E-state index in [2.05, 4.69) is 10.2 Å². The van der Waals surface area contributed by atoms with E-state index in [0.29, 0.717) is 30.3 Å². The predicted octanol–water partition coefficient (Wildman–Crippen LogP) is 3.15. The van der Waals surface area contributed by atoms with E-state index in [4.69, 9.17) is 21.1 Å². The second kappa shape index (κ2) is 9.03. The van der Waals surface area contributed by atoms with Crippen molar-refractivity contribution in [3.8, 4) is 5.75 Å². The molecule has 1 amide bonds. The van der Waals surface area contributed by atoms with Crippen LogP contribution in [0.3, 0.4) is 0 Å². The summed E-state index contributed by atoms with van der Waals surface area (Å²) < 4.78 is 10.7. The van der Waals surface area contributed by atoms with E-state index in [9.17, 15) is 4.79 Å². The molecule has 1 heterocycles. The molecule has 0 spiro atoms. The molecule has 1 fully saturated rings. The molecule has 1 aliphatic heterocycles. The van der Waals surface area contributed by atoms with Gasteiger partial charge < -0.3 is 14.8 Å². The molecule has 2 aromatic rings. The van der Waals surface area contributed by atoms with E-state index < -0.39 is 0 Å². The first-order valence-corrected chi connectivity index (χ1v) is 9.05. The van der Waals surface area contributed by atoms with Gasteiger partial charge in [0.2, 0.25) is 0 Å². The molecule has 2 aromatic carbocycles. The van der Waals surface area contributed by atoms with Gasteiger partial charge in [-0.05, 0) is 29.8 Å². The van der Waals surface area contributed by atoms with Crippen molar-refractivity contribution in [2.24, 2.45) is 0 Å². The van der Waals surface area contributed by atoms with Crippen molar-refractivity contribution in [2.75, 3.05) is 40.0 Å². The molecule has 1 atom stereocenters. The molecule has 0 radical (unpaired) electrons. The zero-order chi connectivity index (χ0) is 18.4. The number of hydrogen-bond donors (Lipinski definition) is 1.